The Morgan fingerprint density at radius 3 is 2.35 bits per heavy atom. The van der Waals surface area contributed by atoms with Gasteiger partial charge in [-0.3, -0.25) is 4.79 Å². The van der Waals surface area contributed by atoms with E-state index in [1.807, 2.05) is 30.9 Å². The van der Waals surface area contributed by atoms with Crippen LogP contribution in [0.5, 0.6) is 5.75 Å². The number of benzene rings is 1. The summed E-state index contributed by atoms with van der Waals surface area (Å²) in [6.45, 7) is 14.1. The average Bonchev–Trinajstić information content (AvgIpc) is 2.89. The largest absolute Gasteiger partial charge is 0.507 e. The zero-order valence-corrected chi connectivity index (χ0v) is 17.0. The maximum absolute atomic E-state index is 13.3. The molecule has 3 rings (SSSR count). The summed E-state index contributed by atoms with van der Waals surface area (Å²) in [4.78, 5) is 15.1. The van der Waals surface area contributed by atoms with Crippen LogP contribution in [-0.4, -0.2) is 40.7 Å². The lowest BCUT2D eigenvalue weighted by Gasteiger charge is -2.55. The van der Waals surface area contributed by atoms with Gasteiger partial charge in [0.25, 0.3) is 5.91 Å². The number of nitrogens with zero attached hydrogens (tertiary/aromatic N) is 1. The minimum Gasteiger partial charge on any atom is -0.507 e. The van der Waals surface area contributed by atoms with Gasteiger partial charge in [0.05, 0.1) is 12.2 Å². The van der Waals surface area contributed by atoms with Crippen molar-refractivity contribution in [3.05, 3.63) is 28.8 Å². The molecule has 144 valence electrons. The molecule has 1 aliphatic heterocycles. The second kappa shape index (κ2) is 6.26. The van der Waals surface area contributed by atoms with Crippen molar-refractivity contribution in [1.29, 1.82) is 0 Å². The second-order valence-corrected chi connectivity index (χ2v) is 9.74. The summed E-state index contributed by atoms with van der Waals surface area (Å²) < 4.78 is 0. The summed E-state index contributed by atoms with van der Waals surface area (Å²) in [6.07, 6.45) is 0.945. The van der Waals surface area contributed by atoms with Crippen molar-refractivity contribution in [2.24, 2.45) is 16.7 Å². The van der Waals surface area contributed by atoms with E-state index in [1.165, 1.54) is 0 Å². The molecule has 1 aromatic carbocycles. The molecule has 0 radical (unpaired) electrons. The summed E-state index contributed by atoms with van der Waals surface area (Å²) in [5.74, 6) is 0.773. The number of carbonyl (C=O) groups is 1. The number of fused-ring (bicyclic) bond motifs is 1. The number of likely N-dealkylation sites (tertiary alicyclic amines) is 1. The molecule has 26 heavy (non-hydrogen) atoms. The van der Waals surface area contributed by atoms with E-state index in [0.717, 1.165) is 17.5 Å². The van der Waals surface area contributed by atoms with Crippen LogP contribution in [-0.2, 0) is 0 Å². The number of aromatic hydroxyl groups is 1. The summed E-state index contributed by atoms with van der Waals surface area (Å²) >= 11 is 0. The Hall–Kier alpha value is -1.55. The molecule has 2 fully saturated rings. The summed E-state index contributed by atoms with van der Waals surface area (Å²) in [5, 5.41) is 20.7. The maximum atomic E-state index is 13.3. The Kier molecular flexibility index (Phi) is 4.63. The van der Waals surface area contributed by atoms with Crippen LogP contribution in [0.3, 0.4) is 0 Å². The first-order valence-corrected chi connectivity index (χ1v) is 9.79. The fraction of sp³-hybridized carbons (Fsp3) is 0.682. The van der Waals surface area contributed by atoms with Gasteiger partial charge in [0.2, 0.25) is 0 Å². The van der Waals surface area contributed by atoms with Gasteiger partial charge in [-0.05, 0) is 46.8 Å². The highest BCUT2D eigenvalue weighted by Crippen LogP contribution is 2.62. The van der Waals surface area contributed by atoms with E-state index in [-0.39, 0.29) is 40.9 Å². The van der Waals surface area contributed by atoms with Crippen LogP contribution in [0.4, 0.5) is 0 Å². The Bertz CT molecular complexity index is 722. The van der Waals surface area contributed by atoms with Crippen LogP contribution in [0.25, 0.3) is 0 Å². The molecule has 1 aromatic rings. The van der Waals surface area contributed by atoms with Gasteiger partial charge in [0.15, 0.2) is 0 Å². The first-order chi connectivity index (χ1) is 12.0. The number of rotatable bonds is 4. The number of hydrogen-bond acceptors (Lipinski definition) is 3. The first-order valence-electron chi connectivity index (χ1n) is 9.79. The fourth-order valence-corrected chi connectivity index (χ4v) is 5.28. The number of hydrogen-bond donors (Lipinski definition) is 2. The Morgan fingerprint density at radius 1 is 1.23 bits per heavy atom. The van der Waals surface area contributed by atoms with Crippen LogP contribution in [0.2, 0.25) is 0 Å². The highest BCUT2D eigenvalue weighted by atomic mass is 16.3. The molecule has 1 amide bonds. The average molecular weight is 360 g/mol. The van der Waals surface area contributed by atoms with Gasteiger partial charge >= 0.3 is 0 Å². The topological polar surface area (TPSA) is 60.8 Å². The molecule has 1 saturated carbocycles. The number of carbonyl (C=O) groups excluding carboxylic acids is 1. The molecular formula is C22H33NO3. The zero-order valence-electron chi connectivity index (χ0n) is 17.0. The van der Waals surface area contributed by atoms with E-state index in [4.69, 9.17) is 0 Å². The monoisotopic (exact) mass is 359 g/mol. The van der Waals surface area contributed by atoms with E-state index in [1.54, 1.807) is 0 Å². The molecule has 1 saturated heterocycles. The van der Waals surface area contributed by atoms with Gasteiger partial charge in [0, 0.05) is 18.5 Å². The van der Waals surface area contributed by atoms with Crippen LogP contribution >= 0.6 is 0 Å². The third-order valence-corrected chi connectivity index (χ3v) is 6.68. The fourth-order valence-electron chi connectivity index (χ4n) is 5.28. The molecule has 2 atom stereocenters. The normalized spacial score (nSPS) is 27.0. The molecular weight excluding hydrogens is 326 g/mol. The lowest BCUT2D eigenvalue weighted by Crippen LogP contribution is -2.54. The van der Waals surface area contributed by atoms with Gasteiger partial charge in [-0.25, -0.2) is 0 Å². The van der Waals surface area contributed by atoms with Crippen molar-refractivity contribution in [3.63, 3.8) is 0 Å². The minimum absolute atomic E-state index is 0.107. The third-order valence-electron chi connectivity index (χ3n) is 6.68. The van der Waals surface area contributed by atoms with Gasteiger partial charge in [-0.1, -0.05) is 47.6 Å². The van der Waals surface area contributed by atoms with Crippen LogP contribution in [0.1, 0.15) is 81.3 Å². The van der Waals surface area contributed by atoms with E-state index in [9.17, 15) is 15.0 Å². The molecule has 1 heterocycles. The second-order valence-electron chi connectivity index (χ2n) is 9.74. The van der Waals surface area contributed by atoms with Gasteiger partial charge in [-0.2, -0.15) is 0 Å². The predicted molar refractivity (Wildman–Crippen MR) is 104 cm³/mol. The predicted octanol–water partition coefficient (Wildman–Crippen LogP) is 4.12. The number of phenolic OH excluding ortho intramolecular Hbond substituents is 1. The van der Waals surface area contributed by atoms with E-state index < -0.39 is 0 Å². The smallest absolute Gasteiger partial charge is 0.257 e. The SMILES string of the molecule is CC(C)c1cc(C(=O)N2C[C@@H]3C(C)(C)C[C@]3(CO)C2)c(O)c(C(C)C)c1. The number of amides is 1. The first kappa shape index (κ1) is 19.2. The molecule has 1 aliphatic carbocycles. The molecule has 0 unspecified atom stereocenters. The standard InChI is InChI=1S/C22H33NO3/c1-13(2)15-7-16(14(3)4)19(25)17(8-15)20(26)23-9-18-21(5,6)10-22(18,11-23)12-24/h7-8,13-14,18,24-25H,9-12H2,1-6H3/t18-,22-/m1/s1. The van der Waals surface area contributed by atoms with E-state index >= 15 is 0 Å². The number of aliphatic hydroxyl groups is 1. The lowest BCUT2D eigenvalue weighted by atomic mass is 9.48. The van der Waals surface area contributed by atoms with Crippen molar-refractivity contribution in [1.82, 2.24) is 4.90 Å². The number of aliphatic hydroxyl groups excluding tert-OH is 1. The Morgan fingerprint density at radius 2 is 1.88 bits per heavy atom. The highest BCUT2D eigenvalue weighted by molar-refractivity contribution is 5.98. The summed E-state index contributed by atoms with van der Waals surface area (Å²) in [7, 11) is 0. The van der Waals surface area contributed by atoms with E-state index in [2.05, 4.69) is 27.7 Å². The van der Waals surface area contributed by atoms with Gasteiger partial charge < -0.3 is 15.1 Å². The molecule has 0 bridgehead atoms. The Labute approximate surface area is 157 Å². The summed E-state index contributed by atoms with van der Waals surface area (Å²) in [6, 6.07) is 3.87. The Balaban J connectivity index is 1.96. The van der Waals surface area contributed by atoms with Crippen molar-refractivity contribution in [3.8, 4) is 5.75 Å². The zero-order chi connectivity index (χ0) is 19.4. The molecule has 4 heteroatoms. The molecule has 0 aromatic heterocycles. The van der Waals surface area contributed by atoms with E-state index in [0.29, 0.717) is 24.6 Å². The highest BCUT2D eigenvalue weighted by Gasteiger charge is 2.63. The number of phenols is 1. The molecule has 2 N–H and O–H groups in total. The van der Waals surface area contributed by atoms with Gasteiger partial charge in [0.1, 0.15) is 5.75 Å². The van der Waals surface area contributed by atoms with Crippen LogP contribution in [0, 0.1) is 16.7 Å². The molecule has 2 aliphatic rings. The minimum atomic E-state index is -0.161. The van der Waals surface area contributed by atoms with Gasteiger partial charge in [-0.15, -0.1) is 0 Å². The van der Waals surface area contributed by atoms with Crippen molar-refractivity contribution < 1.29 is 15.0 Å². The third kappa shape index (κ3) is 2.83. The summed E-state index contributed by atoms with van der Waals surface area (Å²) in [5.41, 5.74) is 2.31. The van der Waals surface area contributed by atoms with Crippen LogP contribution < -0.4 is 0 Å². The van der Waals surface area contributed by atoms with Crippen molar-refractivity contribution >= 4 is 5.91 Å². The van der Waals surface area contributed by atoms with Crippen molar-refractivity contribution in [2.45, 2.75) is 59.8 Å². The molecule has 4 nitrogen and oxygen atoms in total. The maximum Gasteiger partial charge on any atom is 0.257 e. The molecule has 0 spiro atoms. The quantitative estimate of drug-likeness (QED) is 0.850. The lowest BCUT2D eigenvalue weighted by molar-refractivity contribution is -0.0977. The van der Waals surface area contributed by atoms with Crippen LogP contribution in [0.15, 0.2) is 12.1 Å². The van der Waals surface area contributed by atoms with Crippen molar-refractivity contribution in [2.75, 3.05) is 19.7 Å².